The van der Waals surface area contributed by atoms with Gasteiger partial charge in [-0.15, -0.1) is 0 Å². The second-order valence-corrected chi connectivity index (χ2v) is 6.23. The molecule has 0 N–H and O–H groups in total. The van der Waals surface area contributed by atoms with E-state index in [1.54, 1.807) is 12.1 Å². The fourth-order valence-electron chi connectivity index (χ4n) is 1.40. The number of rotatable bonds is 7. The first kappa shape index (κ1) is 15.4. The van der Waals surface area contributed by atoms with Crippen LogP contribution in [0.2, 0.25) is 0 Å². The van der Waals surface area contributed by atoms with Crippen LogP contribution in [0.5, 0.6) is 5.75 Å². The number of hydrogen-bond acceptors (Lipinski definition) is 3. The Balaban J connectivity index is 2.46. The molecule has 1 aromatic rings. The lowest BCUT2D eigenvalue weighted by Gasteiger charge is -2.16. The lowest BCUT2D eigenvalue weighted by molar-refractivity contribution is -0.384. The maximum atomic E-state index is 10.5. The fourth-order valence-corrected chi connectivity index (χ4v) is 2.41. The minimum atomic E-state index is -0.424. The van der Waals surface area contributed by atoms with E-state index in [1.165, 1.54) is 12.1 Å². The second kappa shape index (κ2) is 7.74. The van der Waals surface area contributed by atoms with E-state index in [9.17, 15) is 10.1 Å². The van der Waals surface area contributed by atoms with Crippen LogP contribution < -0.4 is 4.74 Å². The van der Waals surface area contributed by atoms with Gasteiger partial charge in [0.25, 0.3) is 5.69 Å². The van der Waals surface area contributed by atoms with E-state index in [-0.39, 0.29) is 10.5 Å². The Labute approximate surface area is 123 Å². The summed E-state index contributed by atoms with van der Waals surface area (Å²) in [5, 5.41) is 10.5. The quantitative estimate of drug-likeness (QED) is 0.402. The monoisotopic (exact) mass is 379 g/mol. The molecule has 0 saturated carbocycles. The molecule has 0 radical (unpaired) electrons. The molecule has 0 aliphatic rings. The van der Waals surface area contributed by atoms with Gasteiger partial charge >= 0.3 is 0 Å². The van der Waals surface area contributed by atoms with E-state index in [4.69, 9.17) is 4.74 Å². The first-order chi connectivity index (χ1) is 8.54. The molecule has 0 amide bonds. The molecule has 0 fully saturated rings. The number of benzene rings is 1. The van der Waals surface area contributed by atoms with Crippen LogP contribution in [-0.4, -0.2) is 21.2 Å². The van der Waals surface area contributed by atoms with Crippen LogP contribution in [0.15, 0.2) is 24.3 Å². The Morgan fingerprint density at radius 2 is 1.89 bits per heavy atom. The van der Waals surface area contributed by atoms with Gasteiger partial charge in [0.2, 0.25) is 0 Å². The summed E-state index contributed by atoms with van der Waals surface area (Å²) in [6.07, 6.45) is 2.18. The van der Waals surface area contributed by atoms with Gasteiger partial charge in [0.1, 0.15) is 12.4 Å². The molecule has 0 unspecified atom stereocenters. The van der Waals surface area contributed by atoms with Crippen LogP contribution in [0.3, 0.4) is 0 Å². The van der Waals surface area contributed by atoms with Gasteiger partial charge in [0.15, 0.2) is 0 Å². The smallest absolute Gasteiger partial charge is 0.269 e. The lowest BCUT2D eigenvalue weighted by atomic mass is 10.2. The number of halogens is 2. The molecule has 0 bridgehead atoms. The molecule has 100 valence electrons. The summed E-state index contributed by atoms with van der Waals surface area (Å²) in [4.78, 5) is 10.6. The van der Waals surface area contributed by atoms with Crippen molar-refractivity contribution in [2.24, 2.45) is 0 Å². The molecule has 4 nitrogen and oxygen atoms in total. The van der Waals surface area contributed by atoms with Gasteiger partial charge < -0.3 is 4.74 Å². The number of hydrogen-bond donors (Lipinski definition) is 0. The van der Waals surface area contributed by atoms with Gasteiger partial charge in [0.05, 0.1) is 9.75 Å². The zero-order chi connectivity index (χ0) is 13.5. The standard InChI is InChI=1S/C12H15Br2NO3/c1-2-3-11(13)12(14)8-18-10-6-4-9(5-7-10)15(16)17/h4-7,11-12H,2-3,8H2,1H3/t11-,12+/m1/s1. The molecule has 0 spiro atoms. The average Bonchev–Trinajstić information content (AvgIpc) is 2.36. The van der Waals surface area contributed by atoms with E-state index < -0.39 is 4.92 Å². The molecule has 0 aromatic heterocycles. The SMILES string of the molecule is CCC[C@@H](Br)[C@@H](Br)COc1ccc([N+](=O)[O-])cc1. The minimum Gasteiger partial charge on any atom is -0.492 e. The molecular weight excluding hydrogens is 366 g/mol. The number of ether oxygens (including phenoxy) is 1. The Hall–Kier alpha value is -0.620. The summed E-state index contributed by atoms with van der Waals surface area (Å²) in [7, 11) is 0. The van der Waals surface area contributed by atoms with Crippen LogP contribution >= 0.6 is 31.9 Å². The van der Waals surface area contributed by atoms with Crippen LogP contribution in [0.4, 0.5) is 5.69 Å². The fraction of sp³-hybridized carbons (Fsp3) is 0.500. The summed E-state index contributed by atoms with van der Waals surface area (Å²) in [5.74, 6) is 0.640. The highest BCUT2D eigenvalue weighted by atomic mass is 79.9. The molecule has 2 atom stereocenters. The van der Waals surface area contributed by atoms with Crippen molar-refractivity contribution in [3.8, 4) is 5.75 Å². The summed E-state index contributed by atoms with van der Waals surface area (Å²) in [5.41, 5.74) is 0.0714. The Morgan fingerprint density at radius 3 is 2.39 bits per heavy atom. The molecule has 6 heteroatoms. The van der Waals surface area contributed by atoms with Crippen molar-refractivity contribution in [2.75, 3.05) is 6.61 Å². The third-order valence-electron chi connectivity index (χ3n) is 2.41. The predicted octanol–water partition coefficient (Wildman–Crippen LogP) is 4.30. The third-order valence-corrected chi connectivity index (χ3v) is 5.12. The maximum Gasteiger partial charge on any atom is 0.269 e. The van der Waals surface area contributed by atoms with Crippen LogP contribution in [0.25, 0.3) is 0 Å². The van der Waals surface area contributed by atoms with E-state index in [0.717, 1.165) is 12.8 Å². The molecule has 0 aliphatic carbocycles. The number of nitro groups is 1. The molecule has 18 heavy (non-hydrogen) atoms. The number of nitro benzene ring substituents is 1. The van der Waals surface area contributed by atoms with E-state index in [0.29, 0.717) is 17.2 Å². The lowest BCUT2D eigenvalue weighted by Crippen LogP contribution is -2.21. The van der Waals surface area contributed by atoms with Crippen molar-refractivity contribution in [1.29, 1.82) is 0 Å². The Bertz CT molecular complexity index is 383. The third kappa shape index (κ3) is 4.94. The predicted molar refractivity (Wildman–Crippen MR) is 78.9 cm³/mol. The first-order valence-electron chi connectivity index (χ1n) is 5.70. The molecule has 0 saturated heterocycles. The number of alkyl halides is 2. The van der Waals surface area contributed by atoms with Crippen LogP contribution in [0.1, 0.15) is 19.8 Å². The number of nitrogens with zero attached hydrogens (tertiary/aromatic N) is 1. The Kier molecular flexibility index (Phi) is 6.63. The average molecular weight is 381 g/mol. The summed E-state index contributed by atoms with van der Waals surface area (Å²) < 4.78 is 5.57. The van der Waals surface area contributed by atoms with Crippen molar-refractivity contribution in [2.45, 2.75) is 29.4 Å². The summed E-state index contributed by atoms with van der Waals surface area (Å²) in [6, 6.07) is 6.11. The van der Waals surface area contributed by atoms with E-state index in [1.807, 2.05) is 0 Å². The zero-order valence-electron chi connectivity index (χ0n) is 10.0. The van der Waals surface area contributed by atoms with Gasteiger partial charge in [-0.1, -0.05) is 45.2 Å². The minimum absolute atomic E-state index is 0.0714. The highest BCUT2D eigenvalue weighted by Crippen LogP contribution is 2.22. The molecule has 1 aromatic carbocycles. The van der Waals surface area contributed by atoms with Crippen molar-refractivity contribution in [3.05, 3.63) is 34.4 Å². The highest BCUT2D eigenvalue weighted by molar-refractivity contribution is 9.12. The summed E-state index contributed by atoms with van der Waals surface area (Å²) >= 11 is 7.15. The summed E-state index contributed by atoms with van der Waals surface area (Å²) in [6.45, 7) is 2.65. The van der Waals surface area contributed by atoms with Crippen molar-refractivity contribution >= 4 is 37.5 Å². The first-order valence-corrected chi connectivity index (χ1v) is 7.53. The Morgan fingerprint density at radius 1 is 1.28 bits per heavy atom. The van der Waals surface area contributed by atoms with Crippen molar-refractivity contribution in [1.82, 2.24) is 0 Å². The normalized spacial score (nSPS) is 13.9. The van der Waals surface area contributed by atoms with Crippen molar-refractivity contribution in [3.63, 3.8) is 0 Å². The van der Waals surface area contributed by atoms with Gasteiger partial charge in [-0.3, -0.25) is 10.1 Å². The van der Waals surface area contributed by atoms with Crippen LogP contribution in [0, 0.1) is 10.1 Å². The largest absolute Gasteiger partial charge is 0.492 e. The van der Waals surface area contributed by atoms with Crippen LogP contribution in [-0.2, 0) is 0 Å². The van der Waals surface area contributed by atoms with Crippen molar-refractivity contribution < 1.29 is 9.66 Å². The van der Waals surface area contributed by atoms with E-state index in [2.05, 4.69) is 38.8 Å². The maximum absolute atomic E-state index is 10.5. The molecule has 0 heterocycles. The molecule has 1 rings (SSSR count). The molecule has 0 aliphatic heterocycles. The molecular formula is C12H15Br2NO3. The van der Waals surface area contributed by atoms with E-state index >= 15 is 0 Å². The second-order valence-electron chi connectivity index (χ2n) is 3.88. The van der Waals surface area contributed by atoms with Gasteiger partial charge in [-0.25, -0.2) is 0 Å². The topological polar surface area (TPSA) is 52.4 Å². The highest BCUT2D eigenvalue weighted by Gasteiger charge is 2.15. The van der Waals surface area contributed by atoms with Gasteiger partial charge in [-0.05, 0) is 18.6 Å². The number of non-ortho nitro benzene ring substituents is 1. The zero-order valence-corrected chi connectivity index (χ0v) is 13.2. The van der Waals surface area contributed by atoms with Gasteiger partial charge in [0, 0.05) is 17.0 Å². The van der Waals surface area contributed by atoms with Gasteiger partial charge in [-0.2, -0.15) is 0 Å².